The second-order valence-corrected chi connectivity index (χ2v) is 4.18. The Bertz CT molecular complexity index is 479. The molecule has 0 saturated carbocycles. The van der Waals surface area contributed by atoms with Gasteiger partial charge in [-0.2, -0.15) is 0 Å². The number of nitrogens with zero attached hydrogens (tertiary/aromatic N) is 3. The molecule has 3 N–H and O–H groups in total. The summed E-state index contributed by atoms with van der Waals surface area (Å²) < 4.78 is 0. The molecule has 2 aromatic heterocycles. The molecule has 2 heterocycles. The van der Waals surface area contributed by atoms with E-state index in [-0.39, 0.29) is 5.91 Å². The summed E-state index contributed by atoms with van der Waals surface area (Å²) in [4.78, 5) is 18.7. The summed E-state index contributed by atoms with van der Waals surface area (Å²) in [6.07, 6.45) is 4.10. The molecular weight excluding hydrogens is 240 g/mol. The van der Waals surface area contributed by atoms with Crippen molar-refractivity contribution < 1.29 is 4.79 Å². The summed E-state index contributed by atoms with van der Waals surface area (Å²) in [6, 6.07) is 0. The summed E-state index contributed by atoms with van der Waals surface area (Å²) in [6.45, 7) is 0.515. The first-order valence-corrected chi connectivity index (χ1v) is 5.89. The number of anilines is 1. The molecule has 0 aromatic carbocycles. The van der Waals surface area contributed by atoms with E-state index < -0.39 is 0 Å². The van der Waals surface area contributed by atoms with Crippen LogP contribution in [0.5, 0.6) is 0 Å². The first kappa shape index (κ1) is 11.5. The van der Waals surface area contributed by atoms with Crippen molar-refractivity contribution in [2.24, 2.45) is 0 Å². The van der Waals surface area contributed by atoms with Gasteiger partial charge in [-0.1, -0.05) is 11.3 Å². The van der Waals surface area contributed by atoms with Gasteiger partial charge in [0.2, 0.25) is 10.1 Å². The van der Waals surface area contributed by atoms with Crippen molar-refractivity contribution in [3.63, 3.8) is 0 Å². The summed E-state index contributed by atoms with van der Waals surface area (Å²) in [7, 11) is 1.74. The normalized spacial score (nSPS) is 10.2. The monoisotopic (exact) mass is 252 g/mol. The molecule has 8 heteroatoms. The zero-order valence-electron chi connectivity index (χ0n) is 9.23. The zero-order valence-corrected chi connectivity index (χ0v) is 10.0. The van der Waals surface area contributed by atoms with Crippen LogP contribution in [0.4, 0.5) is 5.13 Å². The van der Waals surface area contributed by atoms with E-state index in [0.717, 1.165) is 5.82 Å². The van der Waals surface area contributed by atoms with Gasteiger partial charge in [0.25, 0.3) is 5.91 Å². The van der Waals surface area contributed by atoms with E-state index in [1.54, 1.807) is 19.4 Å². The molecule has 90 valence electrons. The molecule has 0 aliphatic carbocycles. The Morgan fingerprint density at radius 3 is 3.06 bits per heavy atom. The second-order valence-electron chi connectivity index (χ2n) is 3.20. The van der Waals surface area contributed by atoms with Gasteiger partial charge in [0.1, 0.15) is 5.82 Å². The van der Waals surface area contributed by atoms with Crippen LogP contribution in [0.3, 0.4) is 0 Å². The standard InChI is InChI=1S/C9H12N6OS/c1-10-9-15-14-8(17-9)7(16)13-3-2-6-11-4-5-12-6/h4-5H,2-3H2,1H3,(H,10,15)(H,11,12)(H,13,16). The van der Waals surface area contributed by atoms with E-state index in [9.17, 15) is 4.79 Å². The Morgan fingerprint density at radius 1 is 1.53 bits per heavy atom. The molecule has 0 spiro atoms. The maximum absolute atomic E-state index is 11.6. The molecule has 2 rings (SSSR count). The molecule has 0 aliphatic rings. The van der Waals surface area contributed by atoms with Crippen LogP contribution in [0.25, 0.3) is 0 Å². The number of amides is 1. The molecule has 0 radical (unpaired) electrons. The van der Waals surface area contributed by atoms with E-state index in [4.69, 9.17) is 0 Å². The molecular formula is C9H12N6OS. The predicted molar refractivity (Wildman–Crippen MR) is 64.1 cm³/mol. The molecule has 1 amide bonds. The van der Waals surface area contributed by atoms with Crippen molar-refractivity contribution in [3.8, 4) is 0 Å². The number of aromatic amines is 1. The minimum atomic E-state index is -0.212. The SMILES string of the molecule is CNc1nnc(C(=O)NCCc2ncc[nH]2)s1. The molecule has 0 saturated heterocycles. The first-order valence-electron chi connectivity index (χ1n) is 5.07. The summed E-state index contributed by atoms with van der Waals surface area (Å²) in [5.41, 5.74) is 0. The van der Waals surface area contributed by atoms with Gasteiger partial charge in [-0.3, -0.25) is 4.79 Å². The molecule has 0 atom stereocenters. The molecule has 0 unspecified atom stereocenters. The van der Waals surface area contributed by atoms with Crippen molar-refractivity contribution in [3.05, 3.63) is 23.2 Å². The molecule has 0 bridgehead atoms. The number of carbonyl (C=O) groups excluding carboxylic acids is 1. The van der Waals surface area contributed by atoms with Gasteiger partial charge in [-0.25, -0.2) is 4.98 Å². The van der Waals surface area contributed by atoms with Crippen LogP contribution in [-0.4, -0.2) is 39.7 Å². The zero-order chi connectivity index (χ0) is 12.1. The van der Waals surface area contributed by atoms with Crippen molar-refractivity contribution >= 4 is 22.4 Å². The van der Waals surface area contributed by atoms with Gasteiger partial charge >= 0.3 is 0 Å². The lowest BCUT2D eigenvalue weighted by molar-refractivity contribution is 0.0953. The van der Waals surface area contributed by atoms with E-state index in [1.807, 2.05) is 0 Å². The quantitative estimate of drug-likeness (QED) is 0.710. The van der Waals surface area contributed by atoms with E-state index in [0.29, 0.717) is 23.1 Å². The van der Waals surface area contributed by atoms with Crippen molar-refractivity contribution in [2.45, 2.75) is 6.42 Å². The van der Waals surface area contributed by atoms with Crippen LogP contribution in [-0.2, 0) is 6.42 Å². The maximum atomic E-state index is 11.6. The number of nitrogens with one attached hydrogen (secondary N) is 3. The second kappa shape index (κ2) is 5.39. The van der Waals surface area contributed by atoms with Gasteiger partial charge in [0, 0.05) is 32.4 Å². The van der Waals surface area contributed by atoms with Gasteiger partial charge in [-0.15, -0.1) is 10.2 Å². The van der Waals surface area contributed by atoms with Crippen molar-refractivity contribution in [1.82, 2.24) is 25.5 Å². The summed E-state index contributed by atoms with van der Waals surface area (Å²) in [5.74, 6) is 0.633. The lowest BCUT2D eigenvalue weighted by Crippen LogP contribution is -2.25. The van der Waals surface area contributed by atoms with Gasteiger partial charge in [-0.05, 0) is 0 Å². The van der Waals surface area contributed by atoms with E-state index in [1.165, 1.54) is 11.3 Å². The fourth-order valence-electron chi connectivity index (χ4n) is 1.22. The number of carbonyl (C=O) groups is 1. The highest BCUT2D eigenvalue weighted by Crippen LogP contribution is 2.13. The van der Waals surface area contributed by atoms with Crippen LogP contribution in [0.1, 0.15) is 15.6 Å². The number of hydrogen-bond donors (Lipinski definition) is 3. The van der Waals surface area contributed by atoms with Gasteiger partial charge < -0.3 is 15.6 Å². The Balaban J connectivity index is 1.81. The number of imidazole rings is 1. The molecule has 2 aromatic rings. The third-order valence-electron chi connectivity index (χ3n) is 2.04. The van der Waals surface area contributed by atoms with E-state index in [2.05, 4.69) is 30.8 Å². The number of aromatic nitrogens is 4. The lowest BCUT2D eigenvalue weighted by Gasteiger charge is -1.99. The van der Waals surface area contributed by atoms with Crippen LogP contribution in [0, 0.1) is 0 Å². The highest BCUT2D eigenvalue weighted by atomic mass is 32.1. The molecule has 17 heavy (non-hydrogen) atoms. The highest BCUT2D eigenvalue weighted by Gasteiger charge is 2.11. The third kappa shape index (κ3) is 3.00. The van der Waals surface area contributed by atoms with E-state index >= 15 is 0 Å². The fraction of sp³-hybridized carbons (Fsp3) is 0.333. The molecule has 0 aliphatic heterocycles. The Morgan fingerprint density at radius 2 is 2.41 bits per heavy atom. The fourth-order valence-corrected chi connectivity index (χ4v) is 1.83. The third-order valence-corrected chi connectivity index (χ3v) is 2.97. The van der Waals surface area contributed by atoms with Gasteiger partial charge in [0.05, 0.1) is 0 Å². The van der Waals surface area contributed by atoms with Crippen LogP contribution in [0.2, 0.25) is 0 Å². The Hall–Kier alpha value is -1.96. The molecule has 0 fully saturated rings. The number of rotatable bonds is 5. The average Bonchev–Trinajstić information content (AvgIpc) is 2.99. The maximum Gasteiger partial charge on any atom is 0.282 e. The number of hydrogen-bond acceptors (Lipinski definition) is 6. The summed E-state index contributed by atoms with van der Waals surface area (Å²) >= 11 is 1.22. The Labute approximate surface area is 102 Å². The highest BCUT2D eigenvalue weighted by molar-refractivity contribution is 7.17. The lowest BCUT2D eigenvalue weighted by atomic mass is 10.4. The van der Waals surface area contributed by atoms with Crippen LogP contribution >= 0.6 is 11.3 Å². The van der Waals surface area contributed by atoms with Crippen molar-refractivity contribution in [1.29, 1.82) is 0 Å². The molecule has 7 nitrogen and oxygen atoms in total. The topological polar surface area (TPSA) is 95.6 Å². The minimum absolute atomic E-state index is 0.212. The van der Waals surface area contributed by atoms with Crippen LogP contribution in [0.15, 0.2) is 12.4 Å². The predicted octanol–water partition coefficient (Wildman–Crippen LogP) is 0.275. The summed E-state index contributed by atoms with van der Waals surface area (Å²) in [5, 5.41) is 14.1. The van der Waals surface area contributed by atoms with Gasteiger partial charge in [0.15, 0.2) is 0 Å². The first-order chi connectivity index (χ1) is 8.29. The van der Waals surface area contributed by atoms with Crippen molar-refractivity contribution in [2.75, 3.05) is 18.9 Å². The minimum Gasteiger partial charge on any atom is -0.363 e. The largest absolute Gasteiger partial charge is 0.363 e. The average molecular weight is 252 g/mol. The Kier molecular flexibility index (Phi) is 3.66. The van der Waals surface area contributed by atoms with Crippen LogP contribution < -0.4 is 10.6 Å². The smallest absolute Gasteiger partial charge is 0.282 e. The number of H-pyrrole nitrogens is 1.